The van der Waals surface area contributed by atoms with Gasteiger partial charge in [-0.3, -0.25) is 0 Å². The van der Waals surface area contributed by atoms with Crippen molar-refractivity contribution in [1.82, 2.24) is 0 Å². The Balaban J connectivity index is 2.55. The van der Waals surface area contributed by atoms with Crippen molar-refractivity contribution in [2.75, 3.05) is 6.61 Å². The Bertz CT molecular complexity index is 520. The van der Waals surface area contributed by atoms with E-state index in [0.29, 0.717) is 12.4 Å². The molecule has 1 nitrogen and oxygen atoms in total. The molecule has 0 bridgehead atoms. The molecule has 17 heavy (non-hydrogen) atoms. The fourth-order valence-corrected chi connectivity index (χ4v) is 1.87. The van der Waals surface area contributed by atoms with Gasteiger partial charge in [0.15, 0.2) is 0 Å². The van der Waals surface area contributed by atoms with Crippen molar-refractivity contribution in [3.05, 3.63) is 53.8 Å². The van der Waals surface area contributed by atoms with E-state index < -0.39 is 0 Å². The number of hydrogen-bond acceptors (Lipinski definition) is 1. The quantitative estimate of drug-likeness (QED) is 0.767. The van der Waals surface area contributed by atoms with Crippen LogP contribution < -0.4 is 4.74 Å². The lowest BCUT2D eigenvalue weighted by molar-refractivity contribution is 0.339. The minimum Gasteiger partial charge on any atom is -0.493 e. The Labute approximate surface area is 101 Å². The zero-order chi connectivity index (χ0) is 12.3. The summed E-state index contributed by atoms with van der Waals surface area (Å²) in [6.07, 6.45) is 0. The fraction of sp³-hybridized carbons (Fsp3) is 0.200. The summed E-state index contributed by atoms with van der Waals surface area (Å²) in [5.41, 5.74) is 3.17. The fourth-order valence-electron chi connectivity index (χ4n) is 1.87. The molecule has 2 rings (SSSR count). The molecule has 0 unspecified atom stereocenters. The molecule has 0 fully saturated rings. The number of hydrogen-bond donors (Lipinski definition) is 0. The molecular formula is C15H15FO. The molecule has 0 heterocycles. The molecule has 88 valence electrons. The Hall–Kier alpha value is -1.83. The van der Waals surface area contributed by atoms with Gasteiger partial charge in [-0.1, -0.05) is 24.3 Å². The average Bonchev–Trinajstić information content (AvgIpc) is 2.31. The second kappa shape index (κ2) is 5.00. The maximum absolute atomic E-state index is 13.2. The first-order valence-corrected chi connectivity index (χ1v) is 5.70. The maximum atomic E-state index is 13.2. The molecule has 0 radical (unpaired) electrons. The highest BCUT2D eigenvalue weighted by atomic mass is 19.1. The smallest absolute Gasteiger partial charge is 0.130 e. The summed E-state index contributed by atoms with van der Waals surface area (Å²) in [6, 6.07) is 12.7. The maximum Gasteiger partial charge on any atom is 0.130 e. The van der Waals surface area contributed by atoms with Crippen LogP contribution in [-0.4, -0.2) is 6.61 Å². The van der Waals surface area contributed by atoms with Crippen LogP contribution in [0.5, 0.6) is 5.75 Å². The molecule has 0 spiro atoms. The Morgan fingerprint density at radius 3 is 2.53 bits per heavy atom. The summed E-state index contributed by atoms with van der Waals surface area (Å²) in [7, 11) is 0. The van der Waals surface area contributed by atoms with Crippen molar-refractivity contribution in [3.63, 3.8) is 0 Å². The van der Waals surface area contributed by atoms with Crippen LogP contribution in [0.25, 0.3) is 11.1 Å². The first-order valence-electron chi connectivity index (χ1n) is 5.70. The largest absolute Gasteiger partial charge is 0.493 e. The van der Waals surface area contributed by atoms with Crippen LogP contribution in [0.2, 0.25) is 0 Å². The standard InChI is InChI=1S/C15H15FO/c1-3-17-15-10-12(16)8-9-14(15)13-7-5-4-6-11(13)2/h4-10H,3H2,1-2H3. The number of halogens is 1. The van der Waals surface area contributed by atoms with Crippen molar-refractivity contribution in [1.29, 1.82) is 0 Å². The van der Waals surface area contributed by atoms with E-state index in [1.807, 2.05) is 38.1 Å². The van der Waals surface area contributed by atoms with E-state index in [0.717, 1.165) is 16.7 Å². The minimum atomic E-state index is -0.272. The molecular weight excluding hydrogens is 215 g/mol. The van der Waals surface area contributed by atoms with Gasteiger partial charge in [-0.2, -0.15) is 0 Å². The number of rotatable bonds is 3. The van der Waals surface area contributed by atoms with Crippen LogP contribution in [-0.2, 0) is 0 Å². The lowest BCUT2D eigenvalue weighted by Gasteiger charge is -2.12. The Kier molecular flexibility index (Phi) is 3.43. The minimum absolute atomic E-state index is 0.272. The first kappa shape index (κ1) is 11.6. The third kappa shape index (κ3) is 2.47. The Morgan fingerprint density at radius 2 is 1.82 bits per heavy atom. The predicted octanol–water partition coefficient (Wildman–Crippen LogP) is 4.20. The van der Waals surface area contributed by atoms with Gasteiger partial charge in [0.1, 0.15) is 11.6 Å². The number of aryl methyl sites for hydroxylation is 1. The van der Waals surface area contributed by atoms with E-state index in [1.165, 1.54) is 12.1 Å². The molecule has 0 amide bonds. The summed E-state index contributed by atoms with van der Waals surface area (Å²) < 4.78 is 18.7. The lowest BCUT2D eigenvalue weighted by atomic mass is 10.00. The van der Waals surface area contributed by atoms with Gasteiger partial charge in [-0.05, 0) is 37.1 Å². The SMILES string of the molecule is CCOc1cc(F)ccc1-c1ccccc1C. The summed E-state index contributed by atoms with van der Waals surface area (Å²) in [6.45, 7) is 4.46. The van der Waals surface area contributed by atoms with Crippen LogP contribution in [0.15, 0.2) is 42.5 Å². The number of ether oxygens (including phenoxy) is 1. The molecule has 0 aliphatic carbocycles. The van der Waals surface area contributed by atoms with E-state index in [2.05, 4.69) is 0 Å². The summed E-state index contributed by atoms with van der Waals surface area (Å²) in [5.74, 6) is 0.326. The van der Waals surface area contributed by atoms with Crippen molar-refractivity contribution in [2.24, 2.45) is 0 Å². The number of benzene rings is 2. The van der Waals surface area contributed by atoms with E-state index in [9.17, 15) is 4.39 Å². The van der Waals surface area contributed by atoms with Crippen LogP contribution in [0, 0.1) is 12.7 Å². The van der Waals surface area contributed by atoms with Crippen molar-refractivity contribution in [3.8, 4) is 16.9 Å². The van der Waals surface area contributed by atoms with Crippen LogP contribution in [0.1, 0.15) is 12.5 Å². The van der Waals surface area contributed by atoms with E-state index in [-0.39, 0.29) is 5.82 Å². The molecule has 0 aliphatic heterocycles. The summed E-state index contributed by atoms with van der Waals surface area (Å²) >= 11 is 0. The molecule has 0 N–H and O–H groups in total. The van der Waals surface area contributed by atoms with Gasteiger partial charge in [0, 0.05) is 11.6 Å². The highest BCUT2D eigenvalue weighted by Crippen LogP contribution is 2.32. The van der Waals surface area contributed by atoms with Crippen molar-refractivity contribution < 1.29 is 9.13 Å². The second-order valence-electron chi connectivity index (χ2n) is 3.89. The van der Waals surface area contributed by atoms with Gasteiger partial charge >= 0.3 is 0 Å². The lowest BCUT2D eigenvalue weighted by Crippen LogP contribution is -1.95. The molecule has 0 saturated carbocycles. The highest BCUT2D eigenvalue weighted by Gasteiger charge is 2.09. The van der Waals surface area contributed by atoms with Crippen LogP contribution in [0.3, 0.4) is 0 Å². The van der Waals surface area contributed by atoms with Crippen molar-refractivity contribution >= 4 is 0 Å². The van der Waals surface area contributed by atoms with Crippen LogP contribution in [0.4, 0.5) is 4.39 Å². The molecule has 0 aromatic heterocycles. The third-order valence-corrected chi connectivity index (χ3v) is 2.68. The molecule has 0 atom stereocenters. The normalized spacial score (nSPS) is 10.3. The van der Waals surface area contributed by atoms with E-state index in [4.69, 9.17) is 4.74 Å². The topological polar surface area (TPSA) is 9.23 Å². The Morgan fingerprint density at radius 1 is 1.06 bits per heavy atom. The van der Waals surface area contributed by atoms with Gasteiger partial charge in [0.05, 0.1) is 6.61 Å². The molecule has 0 saturated heterocycles. The summed E-state index contributed by atoms with van der Waals surface area (Å²) in [5, 5.41) is 0. The monoisotopic (exact) mass is 230 g/mol. The zero-order valence-electron chi connectivity index (χ0n) is 10.0. The molecule has 2 aromatic rings. The van der Waals surface area contributed by atoms with Gasteiger partial charge in [-0.25, -0.2) is 4.39 Å². The van der Waals surface area contributed by atoms with Gasteiger partial charge in [-0.15, -0.1) is 0 Å². The highest BCUT2D eigenvalue weighted by molar-refractivity contribution is 5.73. The van der Waals surface area contributed by atoms with Gasteiger partial charge < -0.3 is 4.74 Å². The first-order chi connectivity index (χ1) is 8.22. The summed E-state index contributed by atoms with van der Waals surface area (Å²) in [4.78, 5) is 0. The van der Waals surface area contributed by atoms with E-state index >= 15 is 0 Å². The average molecular weight is 230 g/mol. The zero-order valence-corrected chi connectivity index (χ0v) is 10.0. The van der Waals surface area contributed by atoms with Gasteiger partial charge in [0.25, 0.3) is 0 Å². The van der Waals surface area contributed by atoms with Crippen molar-refractivity contribution in [2.45, 2.75) is 13.8 Å². The second-order valence-corrected chi connectivity index (χ2v) is 3.89. The van der Waals surface area contributed by atoms with E-state index in [1.54, 1.807) is 6.07 Å². The van der Waals surface area contributed by atoms with Gasteiger partial charge in [0.2, 0.25) is 0 Å². The van der Waals surface area contributed by atoms with Crippen LogP contribution >= 0.6 is 0 Å². The molecule has 2 aromatic carbocycles. The molecule has 0 aliphatic rings. The third-order valence-electron chi connectivity index (χ3n) is 2.68. The predicted molar refractivity (Wildman–Crippen MR) is 67.7 cm³/mol. The molecule has 2 heteroatoms.